The van der Waals surface area contributed by atoms with Gasteiger partial charge in [0.25, 0.3) is 5.91 Å². The number of ether oxygens (including phenoxy) is 1. The highest BCUT2D eigenvalue weighted by Gasteiger charge is 2.43. The van der Waals surface area contributed by atoms with Gasteiger partial charge < -0.3 is 14.1 Å². The summed E-state index contributed by atoms with van der Waals surface area (Å²) in [5.74, 6) is 0.0470. The van der Waals surface area contributed by atoms with E-state index in [0.717, 1.165) is 5.56 Å². The van der Waals surface area contributed by atoms with Crippen LogP contribution in [0, 0.1) is 0 Å². The summed E-state index contributed by atoms with van der Waals surface area (Å²) in [4.78, 5) is 14.7. The van der Waals surface area contributed by atoms with Crippen molar-refractivity contribution in [1.82, 2.24) is 4.90 Å². The van der Waals surface area contributed by atoms with Gasteiger partial charge in [0.15, 0.2) is 8.32 Å². The molecule has 2 rings (SSSR count). The van der Waals surface area contributed by atoms with Crippen LogP contribution in [-0.4, -0.2) is 44.0 Å². The average Bonchev–Trinajstić information content (AvgIpc) is 2.51. The Morgan fingerprint density at radius 2 is 1.88 bits per heavy atom. The lowest BCUT2D eigenvalue weighted by Gasteiger charge is -2.45. The number of hydrogen-bond donors (Lipinski definition) is 0. The third-order valence-corrected chi connectivity index (χ3v) is 10.1. The van der Waals surface area contributed by atoms with Crippen molar-refractivity contribution < 1.29 is 14.0 Å². The Labute approximate surface area is 153 Å². The number of rotatable bonds is 5. The maximum absolute atomic E-state index is 12.8. The van der Waals surface area contributed by atoms with Crippen molar-refractivity contribution in [2.24, 2.45) is 0 Å². The van der Waals surface area contributed by atoms with E-state index in [4.69, 9.17) is 9.16 Å². The first-order chi connectivity index (χ1) is 11.5. The van der Waals surface area contributed by atoms with Crippen molar-refractivity contribution in [2.45, 2.75) is 77.5 Å². The maximum Gasteiger partial charge on any atom is 0.252 e. The van der Waals surface area contributed by atoms with Gasteiger partial charge >= 0.3 is 0 Å². The van der Waals surface area contributed by atoms with Crippen LogP contribution in [0.15, 0.2) is 30.3 Å². The zero-order chi connectivity index (χ0) is 18.8. The van der Waals surface area contributed by atoms with Crippen molar-refractivity contribution in [3.63, 3.8) is 0 Å². The van der Waals surface area contributed by atoms with Crippen molar-refractivity contribution >= 4 is 14.2 Å². The fourth-order valence-corrected chi connectivity index (χ4v) is 4.33. The molecule has 140 valence electrons. The minimum absolute atomic E-state index is 0.0470. The molecule has 1 aromatic carbocycles. The summed E-state index contributed by atoms with van der Waals surface area (Å²) in [5, 5.41) is 0.137. The van der Waals surface area contributed by atoms with Crippen molar-refractivity contribution in [1.29, 1.82) is 0 Å². The monoisotopic (exact) mass is 363 g/mol. The van der Waals surface area contributed by atoms with Crippen LogP contribution in [-0.2, 0) is 20.5 Å². The molecule has 1 aliphatic heterocycles. The van der Waals surface area contributed by atoms with Gasteiger partial charge in [0.05, 0.1) is 18.8 Å². The van der Waals surface area contributed by atoms with E-state index in [2.05, 4.69) is 52.9 Å². The molecule has 1 saturated heterocycles. The molecule has 5 heteroatoms. The van der Waals surface area contributed by atoms with Gasteiger partial charge in [-0.2, -0.15) is 0 Å². The van der Waals surface area contributed by atoms with Crippen molar-refractivity contribution in [3.05, 3.63) is 35.9 Å². The van der Waals surface area contributed by atoms with Crippen molar-refractivity contribution in [3.8, 4) is 0 Å². The van der Waals surface area contributed by atoms with E-state index in [1.54, 1.807) is 0 Å². The minimum atomic E-state index is -1.91. The van der Waals surface area contributed by atoms with E-state index >= 15 is 0 Å². The Hall–Kier alpha value is -1.17. The number of morpholine rings is 1. The van der Waals surface area contributed by atoms with Gasteiger partial charge in [0.2, 0.25) is 0 Å². The highest BCUT2D eigenvalue weighted by Crippen LogP contribution is 2.38. The van der Waals surface area contributed by atoms with E-state index < -0.39 is 8.32 Å². The van der Waals surface area contributed by atoms with Gasteiger partial charge in [-0.3, -0.25) is 4.79 Å². The molecule has 1 heterocycles. The molecule has 0 bridgehead atoms. The standard InChI is InChI=1S/C20H33NO3Si/c1-15(24-25(6,7)20(3,4)5)18-14-23-16(2)19(22)21(18)13-17-11-9-8-10-12-17/h8-12,15-16,18H,13-14H2,1-7H3/t15-,16?,18-/m1/s1. The number of amides is 1. The van der Waals surface area contributed by atoms with Crippen molar-refractivity contribution in [2.75, 3.05) is 6.61 Å². The first-order valence-corrected chi connectivity index (χ1v) is 12.1. The fourth-order valence-electron chi connectivity index (χ4n) is 2.89. The predicted molar refractivity (Wildman–Crippen MR) is 104 cm³/mol. The molecular weight excluding hydrogens is 330 g/mol. The number of carbonyl (C=O) groups excluding carboxylic acids is 1. The van der Waals surface area contributed by atoms with Gasteiger partial charge in [-0.25, -0.2) is 0 Å². The molecule has 1 fully saturated rings. The van der Waals surface area contributed by atoms with E-state index in [9.17, 15) is 4.79 Å². The van der Waals surface area contributed by atoms with Crippen LogP contribution in [0.1, 0.15) is 40.2 Å². The summed E-state index contributed by atoms with van der Waals surface area (Å²) in [6, 6.07) is 10.1. The Morgan fingerprint density at radius 1 is 1.28 bits per heavy atom. The lowest BCUT2D eigenvalue weighted by atomic mass is 10.1. The quantitative estimate of drug-likeness (QED) is 0.736. The molecule has 3 atom stereocenters. The number of carbonyl (C=O) groups is 1. The predicted octanol–water partition coefficient (Wildman–Crippen LogP) is 4.21. The second-order valence-electron chi connectivity index (χ2n) is 8.58. The molecule has 4 nitrogen and oxygen atoms in total. The first-order valence-electron chi connectivity index (χ1n) is 9.17. The van der Waals surface area contributed by atoms with E-state index in [-0.39, 0.29) is 29.2 Å². The molecule has 0 aliphatic carbocycles. The second-order valence-corrected chi connectivity index (χ2v) is 13.3. The van der Waals surface area contributed by atoms with E-state index in [1.807, 2.05) is 30.0 Å². The minimum Gasteiger partial charge on any atom is -0.412 e. The smallest absolute Gasteiger partial charge is 0.252 e. The lowest BCUT2D eigenvalue weighted by molar-refractivity contribution is -0.164. The number of benzene rings is 1. The Bertz CT molecular complexity index is 582. The van der Waals surface area contributed by atoms with Gasteiger partial charge in [0, 0.05) is 6.54 Å². The zero-order valence-corrected chi connectivity index (χ0v) is 17.7. The molecule has 0 aromatic heterocycles. The molecule has 25 heavy (non-hydrogen) atoms. The van der Waals surface area contributed by atoms with Crippen LogP contribution >= 0.6 is 0 Å². The largest absolute Gasteiger partial charge is 0.412 e. The Balaban J connectivity index is 2.19. The highest BCUT2D eigenvalue weighted by molar-refractivity contribution is 6.74. The zero-order valence-electron chi connectivity index (χ0n) is 16.7. The average molecular weight is 364 g/mol. The number of hydrogen-bond acceptors (Lipinski definition) is 3. The summed E-state index contributed by atoms with van der Waals surface area (Å²) < 4.78 is 12.3. The topological polar surface area (TPSA) is 38.8 Å². The molecular formula is C20H33NO3Si. The second kappa shape index (κ2) is 7.60. The summed E-state index contributed by atoms with van der Waals surface area (Å²) in [7, 11) is -1.91. The molecule has 0 radical (unpaired) electrons. The van der Waals surface area contributed by atoms with Crippen LogP contribution in [0.3, 0.4) is 0 Å². The third kappa shape index (κ3) is 4.71. The molecule has 0 N–H and O–H groups in total. The highest BCUT2D eigenvalue weighted by atomic mass is 28.4. The lowest BCUT2D eigenvalue weighted by Crippen LogP contribution is -2.59. The summed E-state index contributed by atoms with van der Waals surface area (Å²) in [5.41, 5.74) is 1.13. The van der Waals surface area contributed by atoms with Crippen LogP contribution in [0.5, 0.6) is 0 Å². The normalized spacial score (nSPS) is 23.6. The summed E-state index contributed by atoms with van der Waals surface area (Å²) in [6.45, 7) is 16.2. The van der Waals surface area contributed by atoms with Crippen LogP contribution in [0.4, 0.5) is 0 Å². The van der Waals surface area contributed by atoms with Gasteiger partial charge in [-0.15, -0.1) is 0 Å². The third-order valence-electron chi connectivity index (χ3n) is 5.57. The molecule has 1 aromatic rings. The maximum atomic E-state index is 12.8. The van der Waals surface area contributed by atoms with E-state index in [1.165, 1.54) is 0 Å². The SMILES string of the molecule is CC1OC[C@H]([C@@H](C)O[Si](C)(C)C(C)(C)C)N(Cc2ccccc2)C1=O. The van der Waals surface area contributed by atoms with Crippen LogP contribution in [0.25, 0.3) is 0 Å². The van der Waals surface area contributed by atoms with Crippen LogP contribution < -0.4 is 0 Å². The fraction of sp³-hybridized carbons (Fsp3) is 0.650. The van der Waals surface area contributed by atoms with Crippen LogP contribution in [0.2, 0.25) is 18.1 Å². The molecule has 0 saturated carbocycles. The van der Waals surface area contributed by atoms with Gasteiger partial charge in [-0.1, -0.05) is 51.1 Å². The molecule has 1 unspecified atom stereocenters. The molecule has 1 aliphatic rings. The molecule has 1 amide bonds. The molecule has 0 spiro atoms. The number of nitrogens with zero attached hydrogens (tertiary/aromatic N) is 1. The van der Waals surface area contributed by atoms with Gasteiger partial charge in [-0.05, 0) is 37.5 Å². The van der Waals surface area contributed by atoms with Gasteiger partial charge in [0.1, 0.15) is 6.10 Å². The van der Waals surface area contributed by atoms with E-state index in [0.29, 0.717) is 13.2 Å². The first kappa shape index (κ1) is 20.1. The Morgan fingerprint density at radius 3 is 2.44 bits per heavy atom. The summed E-state index contributed by atoms with van der Waals surface area (Å²) >= 11 is 0. The Kier molecular flexibility index (Phi) is 6.12. The summed E-state index contributed by atoms with van der Waals surface area (Å²) in [6.07, 6.45) is -0.443.